The molecule has 126 valence electrons. The largest absolute Gasteiger partial charge is 0.298 e. The average molecular weight is 374 g/mol. The third-order valence-electron chi connectivity index (χ3n) is 3.46. The van der Waals surface area contributed by atoms with E-state index in [4.69, 9.17) is 11.6 Å². The van der Waals surface area contributed by atoms with E-state index in [0.29, 0.717) is 5.13 Å². The zero-order chi connectivity index (χ0) is 18.0. The molecule has 0 aliphatic carbocycles. The SMILES string of the molecule is Cc1nc(NC(=O)c2ccc(Cl)c([N+](=O)[O-])c2)sc1-c1ccccc1. The lowest BCUT2D eigenvalue weighted by Gasteiger charge is -2.02. The van der Waals surface area contributed by atoms with Crippen LogP contribution in [-0.4, -0.2) is 15.8 Å². The molecule has 0 saturated carbocycles. The molecule has 1 N–H and O–H groups in total. The number of carbonyl (C=O) groups is 1. The summed E-state index contributed by atoms with van der Waals surface area (Å²) < 4.78 is 0. The molecular weight excluding hydrogens is 362 g/mol. The van der Waals surface area contributed by atoms with Crippen molar-refractivity contribution in [1.82, 2.24) is 4.98 Å². The van der Waals surface area contributed by atoms with Crippen LogP contribution in [0.25, 0.3) is 10.4 Å². The van der Waals surface area contributed by atoms with Crippen molar-refractivity contribution in [2.24, 2.45) is 0 Å². The maximum Gasteiger partial charge on any atom is 0.288 e. The Morgan fingerprint density at radius 3 is 2.64 bits per heavy atom. The molecule has 0 aliphatic heterocycles. The van der Waals surface area contributed by atoms with E-state index in [-0.39, 0.29) is 16.3 Å². The van der Waals surface area contributed by atoms with Gasteiger partial charge in [-0.2, -0.15) is 0 Å². The van der Waals surface area contributed by atoms with Crippen LogP contribution in [0, 0.1) is 17.0 Å². The molecule has 8 heteroatoms. The van der Waals surface area contributed by atoms with Gasteiger partial charge in [0.15, 0.2) is 5.13 Å². The number of rotatable bonds is 4. The van der Waals surface area contributed by atoms with Crippen molar-refractivity contribution < 1.29 is 9.72 Å². The highest BCUT2D eigenvalue weighted by Crippen LogP contribution is 2.33. The van der Waals surface area contributed by atoms with Gasteiger partial charge >= 0.3 is 0 Å². The number of carbonyl (C=O) groups excluding carboxylic acids is 1. The number of aromatic nitrogens is 1. The maximum absolute atomic E-state index is 12.3. The number of nitrogens with zero attached hydrogens (tertiary/aromatic N) is 2. The first-order valence-electron chi connectivity index (χ1n) is 7.24. The molecule has 1 aromatic heterocycles. The molecule has 0 spiro atoms. The van der Waals surface area contributed by atoms with E-state index in [1.54, 1.807) is 0 Å². The number of hydrogen-bond acceptors (Lipinski definition) is 5. The highest BCUT2D eigenvalue weighted by atomic mass is 35.5. The summed E-state index contributed by atoms with van der Waals surface area (Å²) in [5.41, 5.74) is 1.65. The minimum absolute atomic E-state index is 0.0157. The van der Waals surface area contributed by atoms with Crippen LogP contribution < -0.4 is 5.32 Å². The highest BCUT2D eigenvalue weighted by molar-refractivity contribution is 7.19. The second kappa shape index (κ2) is 7.00. The van der Waals surface area contributed by atoms with Gasteiger partial charge in [-0.1, -0.05) is 53.3 Å². The third kappa shape index (κ3) is 3.67. The predicted octanol–water partition coefficient (Wildman–Crippen LogP) is 4.93. The number of benzene rings is 2. The summed E-state index contributed by atoms with van der Waals surface area (Å²) in [6, 6.07) is 13.6. The summed E-state index contributed by atoms with van der Waals surface area (Å²) in [5, 5.41) is 14.0. The molecule has 1 amide bonds. The van der Waals surface area contributed by atoms with E-state index in [0.717, 1.165) is 22.2 Å². The van der Waals surface area contributed by atoms with Crippen molar-refractivity contribution >= 4 is 39.7 Å². The normalized spacial score (nSPS) is 10.5. The Morgan fingerprint density at radius 2 is 1.96 bits per heavy atom. The number of nitro benzene ring substituents is 1. The second-order valence-corrected chi connectivity index (χ2v) is 6.58. The molecule has 0 bridgehead atoms. The fourth-order valence-corrected chi connectivity index (χ4v) is 3.42. The summed E-state index contributed by atoms with van der Waals surface area (Å²) >= 11 is 7.11. The minimum Gasteiger partial charge on any atom is -0.298 e. The molecule has 0 fully saturated rings. The van der Waals surface area contributed by atoms with Gasteiger partial charge in [-0.25, -0.2) is 4.98 Å². The van der Waals surface area contributed by atoms with Gasteiger partial charge in [0.2, 0.25) is 0 Å². The van der Waals surface area contributed by atoms with Crippen LogP contribution in [0.4, 0.5) is 10.8 Å². The third-order valence-corrected chi connectivity index (χ3v) is 4.90. The molecule has 0 aliphatic rings. The quantitative estimate of drug-likeness (QED) is 0.518. The number of aryl methyl sites for hydroxylation is 1. The van der Waals surface area contributed by atoms with Crippen LogP contribution in [-0.2, 0) is 0 Å². The van der Waals surface area contributed by atoms with Crippen LogP contribution in [0.1, 0.15) is 16.1 Å². The second-order valence-electron chi connectivity index (χ2n) is 5.18. The van der Waals surface area contributed by atoms with Gasteiger partial charge in [-0.15, -0.1) is 0 Å². The Morgan fingerprint density at radius 1 is 1.24 bits per heavy atom. The molecule has 0 radical (unpaired) electrons. The summed E-state index contributed by atoms with van der Waals surface area (Å²) in [7, 11) is 0. The first-order chi connectivity index (χ1) is 12.0. The van der Waals surface area contributed by atoms with E-state index < -0.39 is 10.8 Å². The number of thiazole rings is 1. The molecule has 2 aromatic carbocycles. The maximum atomic E-state index is 12.3. The molecule has 25 heavy (non-hydrogen) atoms. The fraction of sp³-hybridized carbons (Fsp3) is 0.0588. The molecule has 3 rings (SSSR count). The summed E-state index contributed by atoms with van der Waals surface area (Å²) in [5.74, 6) is -0.479. The summed E-state index contributed by atoms with van der Waals surface area (Å²) in [6.07, 6.45) is 0. The van der Waals surface area contributed by atoms with E-state index >= 15 is 0 Å². The van der Waals surface area contributed by atoms with Crippen molar-refractivity contribution in [1.29, 1.82) is 0 Å². The number of nitro groups is 1. The molecule has 6 nitrogen and oxygen atoms in total. The smallest absolute Gasteiger partial charge is 0.288 e. The van der Waals surface area contributed by atoms with E-state index in [9.17, 15) is 14.9 Å². The van der Waals surface area contributed by atoms with Gasteiger partial charge < -0.3 is 0 Å². The fourth-order valence-electron chi connectivity index (χ4n) is 2.27. The molecule has 0 atom stereocenters. The zero-order valence-corrected chi connectivity index (χ0v) is 14.6. The van der Waals surface area contributed by atoms with E-state index in [2.05, 4.69) is 10.3 Å². The van der Waals surface area contributed by atoms with Gasteiger partial charge in [0.25, 0.3) is 11.6 Å². The molecule has 3 aromatic rings. The van der Waals surface area contributed by atoms with Crippen molar-refractivity contribution in [3.05, 3.63) is 74.9 Å². The van der Waals surface area contributed by atoms with Gasteiger partial charge in [0.1, 0.15) is 5.02 Å². The lowest BCUT2D eigenvalue weighted by atomic mass is 10.2. The molecule has 1 heterocycles. The minimum atomic E-state index is -0.625. The number of amides is 1. The molecule has 0 saturated heterocycles. The Labute approximate surface area is 152 Å². The first kappa shape index (κ1) is 17.1. The Hall–Kier alpha value is -2.77. The Balaban J connectivity index is 1.85. The Kier molecular flexibility index (Phi) is 4.78. The topological polar surface area (TPSA) is 85.1 Å². The van der Waals surface area contributed by atoms with Crippen LogP contribution in [0.15, 0.2) is 48.5 Å². The van der Waals surface area contributed by atoms with Crippen molar-refractivity contribution in [2.45, 2.75) is 6.92 Å². The van der Waals surface area contributed by atoms with Crippen LogP contribution >= 0.6 is 22.9 Å². The van der Waals surface area contributed by atoms with Gasteiger partial charge in [-0.05, 0) is 24.6 Å². The van der Waals surface area contributed by atoms with Crippen molar-refractivity contribution in [3.63, 3.8) is 0 Å². The lowest BCUT2D eigenvalue weighted by molar-refractivity contribution is -0.384. The Bertz CT molecular complexity index is 957. The number of nitrogens with one attached hydrogen (secondary N) is 1. The summed E-state index contributed by atoms with van der Waals surface area (Å²) in [4.78, 5) is 28.0. The number of anilines is 1. The number of halogens is 1. The van der Waals surface area contributed by atoms with Gasteiger partial charge in [-0.3, -0.25) is 20.2 Å². The van der Waals surface area contributed by atoms with Crippen LogP contribution in [0.5, 0.6) is 0 Å². The first-order valence-corrected chi connectivity index (χ1v) is 8.43. The monoisotopic (exact) mass is 373 g/mol. The standard InChI is InChI=1S/C17H12ClN3O3S/c1-10-15(11-5-3-2-4-6-11)25-17(19-10)20-16(22)12-7-8-13(18)14(9-12)21(23)24/h2-9H,1H3,(H,19,20,22). The zero-order valence-electron chi connectivity index (χ0n) is 13.0. The van der Waals surface area contributed by atoms with Crippen LogP contribution in [0.2, 0.25) is 5.02 Å². The lowest BCUT2D eigenvalue weighted by Crippen LogP contribution is -2.12. The van der Waals surface area contributed by atoms with E-state index in [1.807, 2.05) is 37.3 Å². The molecule has 0 unspecified atom stereocenters. The summed E-state index contributed by atoms with van der Waals surface area (Å²) in [6.45, 7) is 1.86. The van der Waals surface area contributed by atoms with Gasteiger partial charge in [0.05, 0.1) is 15.5 Å². The highest BCUT2D eigenvalue weighted by Gasteiger charge is 2.18. The predicted molar refractivity (Wildman–Crippen MR) is 98.3 cm³/mol. The van der Waals surface area contributed by atoms with Crippen molar-refractivity contribution in [3.8, 4) is 10.4 Å². The number of hydrogen-bond donors (Lipinski definition) is 1. The van der Waals surface area contributed by atoms with Gasteiger partial charge in [0, 0.05) is 11.6 Å². The molecular formula is C17H12ClN3O3S. The van der Waals surface area contributed by atoms with Crippen LogP contribution in [0.3, 0.4) is 0 Å². The average Bonchev–Trinajstić information content (AvgIpc) is 2.96. The van der Waals surface area contributed by atoms with Crippen molar-refractivity contribution in [2.75, 3.05) is 5.32 Å². The van der Waals surface area contributed by atoms with E-state index in [1.165, 1.54) is 23.5 Å².